The summed E-state index contributed by atoms with van der Waals surface area (Å²) in [7, 11) is 3.55. The number of aryl methyl sites for hydroxylation is 1. The molecule has 1 aromatic heterocycles. The predicted molar refractivity (Wildman–Crippen MR) is 82.8 cm³/mol. The number of imidazole rings is 1. The minimum absolute atomic E-state index is 0.0647. The van der Waals surface area contributed by atoms with Crippen molar-refractivity contribution in [2.45, 2.75) is 12.5 Å². The smallest absolute Gasteiger partial charge is 0.318 e. The Morgan fingerprint density at radius 1 is 1.36 bits per heavy atom. The van der Waals surface area contributed by atoms with E-state index in [0.29, 0.717) is 0 Å². The molecule has 2 aromatic rings. The Morgan fingerprint density at radius 2 is 2.14 bits per heavy atom. The number of aromatic nitrogens is 2. The van der Waals surface area contributed by atoms with Crippen LogP contribution in [0.15, 0.2) is 36.7 Å². The number of benzene rings is 1. The topological polar surface area (TPSA) is 59.4 Å². The van der Waals surface area contributed by atoms with E-state index in [1.165, 1.54) is 0 Å². The lowest BCUT2D eigenvalue weighted by molar-refractivity contribution is 0.165. The molecule has 0 bridgehead atoms. The molecule has 1 fully saturated rings. The van der Waals surface area contributed by atoms with Crippen LogP contribution < -0.4 is 10.1 Å². The number of carbonyl (C=O) groups excluding carboxylic acids is 1. The van der Waals surface area contributed by atoms with Crippen LogP contribution in [0.25, 0.3) is 0 Å². The van der Waals surface area contributed by atoms with Gasteiger partial charge in [0.1, 0.15) is 17.6 Å². The van der Waals surface area contributed by atoms with Crippen molar-refractivity contribution in [1.29, 1.82) is 0 Å². The van der Waals surface area contributed by atoms with E-state index in [1.807, 2.05) is 42.1 Å². The van der Waals surface area contributed by atoms with Crippen LogP contribution in [-0.2, 0) is 7.05 Å². The molecule has 2 heterocycles. The van der Waals surface area contributed by atoms with E-state index in [2.05, 4.69) is 10.3 Å². The van der Waals surface area contributed by atoms with E-state index in [-0.39, 0.29) is 12.1 Å². The van der Waals surface area contributed by atoms with Crippen LogP contribution in [0.4, 0.5) is 4.79 Å². The summed E-state index contributed by atoms with van der Waals surface area (Å²) in [5.41, 5.74) is 0.896. The minimum atomic E-state index is -0.343. The highest BCUT2D eigenvalue weighted by Crippen LogP contribution is 2.29. The Bertz CT molecular complexity index is 664. The maximum Gasteiger partial charge on any atom is 0.318 e. The second-order valence-corrected chi connectivity index (χ2v) is 5.36. The van der Waals surface area contributed by atoms with Gasteiger partial charge >= 0.3 is 6.03 Å². The number of hydrogen-bond donors (Lipinski definition) is 1. The number of nitrogens with one attached hydrogen (secondary N) is 1. The summed E-state index contributed by atoms with van der Waals surface area (Å²) in [4.78, 5) is 18.5. The first kappa shape index (κ1) is 14.4. The quantitative estimate of drug-likeness (QED) is 0.938. The van der Waals surface area contributed by atoms with Crippen LogP contribution >= 0.6 is 0 Å². The molecule has 22 heavy (non-hydrogen) atoms. The van der Waals surface area contributed by atoms with Crippen LogP contribution in [0.2, 0.25) is 0 Å². The van der Waals surface area contributed by atoms with Gasteiger partial charge in [-0.05, 0) is 12.5 Å². The zero-order valence-electron chi connectivity index (χ0n) is 12.8. The lowest BCUT2D eigenvalue weighted by Crippen LogP contribution is -2.49. The molecule has 6 heteroatoms. The monoisotopic (exact) mass is 300 g/mol. The first-order valence-corrected chi connectivity index (χ1v) is 7.36. The van der Waals surface area contributed by atoms with E-state index in [0.717, 1.165) is 36.6 Å². The van der Waals surface area contributed by atoms with Gasteiger partial charge < -0.3 is 19.5 Å². The fourth-order valence-corrected chi connectivity index (χ4v) is 2.58. The number of rotatable bonds is 4. The highest BCUT2D eigenvalue weighted by molar-refractivity contribution is 5.76. The van der Waals surface area contributed by atoms with Crippen molar-refractivity contribution in [2.24, 2.45) is 7.05 Å². The standard InChI is InChI=1S/C16H20N4O2/c1-19-11-8-17-15(19)14(18-16(21)20-9-5-10-20)12-6-3-4-7-13(12)22-2/h3-4,6-8,11,14H,5,9-10H2,1-2H3,(H,18,21). The summed E-state index contributed by atoms with van der Waals surface area (Å²) >= 11 is 0. The van der Waals surface area contributed by atoms with Crippen molar-refractivity contribution in [1.82, 2.24) is 19.8 Å². The molecule has 0 aliphatic carbocycles. The van der Waals surface area contributed by atoms with Crippen molar-refractivity contribution in [3.8, 4) is 5.75 Å². The number of carbonyl (C=O) groups is 1. The van der Waals surface area contributed by atoms with E-state index < -0.39 is 0 Å². The molecule has 1 aromatic carbocycles. The molecule has 6 nitrogen and oxygen atoms in total. The summed E-state index contributed by atoms with van der Waals surface area (Å²) in [5.74, 6) is 1.51. The fraction of sp³-hybridized carbons (Fsp3) is 0.375. The molecule has 1 aliphatic rings. The summed E-state index contributed by atoms with van der Waals surface area (Å²) in [6.45, 7) is 1.62. The number of urea groups is 1. The number of hydrogen-bond acceptors (Lipinski definition) is 3. The molecule has 1 atom stereocenters. The first-order valence-electron chi connectivity index (χ1n) is 7.36. The first-order chi connectivity index (χ1) is 10.7. The molecule has 1 N–H and O–H groups in total. The largest absolute Gasteiger partial charge is 0.496 e. The molecular formula is C16H20N4O2. The maximum atomic E-state index is 12.4. The van der Waals surface area contributed by atoms with Gasteiger partial charge in [-0.25, -0.2) is 9.78 Å². The Hall–Kier alpha value is -2.50. The van der Waals surface area contributed by atoms with E-state index in [4.69, 9.17) is 4.74 Å². The highest BCUT2D eigenvalue weighted by atomic mass is 16.5. The van der Waals surface area contributed by atoms with Gasteiger partial charge in [-0.3, -0.25) is 0 Å². The third-order valence-corrected chi connectivity index (χ3v) is 3.98. The predicted octanol–water partition coefficient (Wildman–Crippen LogP) is 1.93. The van der Waals surface area contributed by atoms with Crippen LogP contribution in [0.5, 0.6) is 5.75 Å². The third-order valence-electron chi connectivity index (χ3n) is 3.98. The summed E-state index contributed by atoms with van der Waals surface area (Å²) in [6.07, 6.45) is 4.66. The minimum Gasteiger partial charge on any atom is -0.496 e. The normalized spacial score (nSPS) is 15.1. The van der Waals surface area contributed by atoms with E-state index >= 15 is 0 Å². The van der Waals surface area contributed by atoms with Gasteiger partial charge in [0.25, 0.3) is 0 Å². The number of amides is 2. The molecule has 1 aliphatic heterocycles. The Morgan fingerprint density at radius 3 is 2.73 bits per heavy atom. The summed E-state index contributed by atoms with van der Waals surface area (Å²) in [5, 5.41) is 3.08. The van der Waals surface area contributed by atoms with Crippen molar-refractivity contribution >= 4 is 6.03 Å². The van der Waals surface area contributed by atoms with Crippen LogP contribution in [-0.4, -0.2) is 40.7 Å². The van der Waals surface area contributed by atoms with Gasteiger partial charge in [-0.15, -0.1) is 0 Å². The lowest BCUT2D eigenvalue weighted by atomic mass is 10.0. The van der Waals surface area contributed by atoms with Crippen LogP contribution in [0, 0.1) is 0 Å². The number of methoxy groups -OCH3 is 1. The van der Waals surface area contributed by atoms with Crippen molar-refractivity contribution in [2.75, 3.05) is 20.2 Å². The van der Waals surface area contributed by atoms with Crippen molar-refractivity contribution < 1.29 is 9.53 Å². The van der Waals surface area contributed by atoms with Crippen molar-refractivity contribution in [3.05, 3.63) is 48.0 Å². The van der Waals surface area contributed by atoms with Crippen LogP contribution in [0.1, 0.15) is 23.9 Å². The second kappa shape index (κ2) is 6.09. The molecule has 3 rings (SSSR count). The number of likely N-dealkylation sites (tertiary alicyclic amines) is 1. The summed E-state index contributed by atoms with van der Waals surface area (Å²) < 4.78 is 7.35. The molecule has 2 amide bonds. The van der Waals surface area contributed by atoms with Gasteiger partial charge in [-0.1, -0.05) is 18.2 Å². The SMILES string of the molecule is COc1ccccc1C(NC(=O)N1CCC1)c1nccn1C. The average molecular weight is 300 g/mol. The zero-order chi connectivity index (χ0) is 15.5. The molecule has 116 valence electrons. The van der Waals surface area contributed by atoms with Crippen molar-refractivity contribution in [3.63, 3.8) is 0 Å². The maximum absolute atomic E-state index is 12.4. The van der Waals surface area contributed by atoms with Gasteiger partial charge in [0.15, 0.2) is 0 Å². The van der Waals surface area contributed by atoms with Crippen LogP contribution in [0.3, 0.4) is 0 Å². The average Bonchev–Trinajstić information content (AvgIpc) is 2.89. The number of para-hydroxylation sites is 1. The number of nitrogens with zero attached hydrogens (tertiary/aromatic N) is 3. The Kier molecular flexibility index (Phi) is 4.00. The molecule has 1 unspecified atom stereocenters. The van der Waals surface area contributed by atoms with Gasteiger partial charge in [0.05, 0.1) is 7.11 Å². The van der Waals surface area contributed by atoms with Gasteiger partial charge in [0.2, 0.25) is 0 Å². The van der Waals surface area contributed by atoms with Gasteiger partial charge in [0, 0.05) is 38.1 Å². The molecular weight excluding hydrogens is 280 g/mol. The molecule has 0 radical (unpaired) electrons. The highest BCUT2D eigenvalue weighted by Gasteiger charge is 2.27. The lowest BCUT2D eigenvalue weighted by Gasteiger charge is -2.33. The van der Waals surface area contributed by atoms with E-state index in [9.17, 15) is 4.79 Å². The second-order valence-electron chi connectivity index (χ2n) is 5.36. The Labute approximate surface area is 129 Å². The van der Waals surface area contributed by atoms with Gasteiger partial charge in [-0.2, -0.15) is 0 Å². The molecule has 1 saturated heterocycles. The number of ether oxygens (including phenoxy) is 1. The molecule has 0 spiro atoms. The molecule has 0 saturated carbocycles. The fourth-order valence-electron chi connectivity index (χ4n) is 2.58. The zero-order valence-corrected chi connectivity index (χ0v) is 12.8. The Balaban J connectivity index is 1.95. The summed E-state index contributed by atoms with van der Waals surface area (Å²) in [6, 6.07) is 7.28. The third kappa shape index (κ3) is 2.64. The van der Waals surface area contributed by atoms with E-state index in [1.54, 1.807) is 18.2 Å².